The van der Waals surface area contributed by atoms with Gasteiger partial charge in [0.05, 0.1) is 5.69 Å². The Labute approximate surface area is 132 Å². The monoisotopic (exact) mass is 317 g/mol. The first-order valence-corrected chi connectivity index (χ1v) is 7.28. The van der Waals surface area contributed by atoms with Crippen molar-refractivity contribution < 1.29 is 0 Å². The van der Waals surface area contributed by atoms with Crippen LogP contribution in [0.4, 0.5) is 5.69 Å². The van der Waals surface area contributed by atoms with Crippen molar-refractivity contribution in [2.45, 2.75) is 13.5 Å². The number of hydrogen-bond acceptors (Lipinski definition) is 3. The van der Waals surface area contributed by atoms with Crippen LogP contribution in [0, 0.1) is 6.92 Å². The molecule has 0 aliphatic rings. The van der Waals surface area contributed by atoms with Crippen LogP contribution in [0.3, 0.4) is 0 Å². The molecule has 0 spiro atoms. The number of nitrogens with zero attached hydrogens (tertiary/aromatic N) is 2. The number of aryl methyl sites for hydroxylation is 1. The standard InChI is InChI=1S/C16H13Cl2N3/c1-10-6-14(17)21-16(18)15(10)20-8-11-2-3-13-9-19-5-4-12(13)7-11/h2-7,9,20H,8H2,1H3. The van der Waals surface area contributed by atoms with Crippen LogP contribution in [0.5, 0.6) is 0 Å². The quantitative estimate of drug-likeness (QED) is 0.701. The fraction of sp³-hybridized carbons (Fsp3) is 0.125. The zero-order valence-electron chi connectivity index (χ0n) is 11.4. The molecule has 2 aromatic heterocycles. The van der Waals surface area contributed by atoms with E-state index in [1.165, 1.54) is 10.9 Å². The lowest BCUT2D eigenvalue weighted by Gasteiger charge is -2.12. The average molecular weight is 318 g/mol. The highest BCUT2D eigenvalue weighted by Crippen LogP contribution is 2.27. The second-order valence-electron chi connectivity index (χ2n) is 4.84. The van der Waals surface area contributed by atoms with Crippen molar-refractivity contribution in [3.63, 3.8) is 0 Å². The van der Waals surface area contributed by atoms with Gasteiger partial charge in [-0.15, -0.1) is 0 Å². The maximum absolute atomic E-state index is 6.13. The highest BCUT2D eigenvalue weighted by molar-refractivity contribution is 6.34. The number of pyridine rings is 2. The lowest BCUT2D eigenvalue weighted by molar-refractivity contribution is 1.13. The summed E-state index contributed by atoms with van der Waals surface area (Å²) in [6.45, 7) is 2.62. The van der Waals surface area contributed by atoms with Crippen LogP contribution in [-0.2, 0) is 6.54 Å². The molecular weight excluding hydrogens is 305 g/mol. The molecule has 0 aliphatic heterocycles. The SMILES string of the molecule is Cc1cc(Cl)nc(Cl)c1NCc1ccc2cnccc2c1. The van der Waals surface area contributed by atoms with E-state index in [1.807, 2.05) is 19.2 Å². The minimum absolute atomic E-state index is 0.394. The first-order chi connectivity index (χ1) is 10.1. The summed E-state index contributed by atoms with van der Waals surface area (Å²) in [6, 6.07) is 10.1. The number of fused-ring (bicyclic) bond motifs is 1. The molecule has 0 radical (unpaired) electrons. The molecule has 3 nitrogen and oxygen atoms in total. The summed E-state index contributed by atoms with van der Waals surface area (Å²) in [5, 5.41) is 6.41. The number of aromatic nitrogens is 2. The summed E-state index contributed by atoms with van der Waals surface area (Å²) in [5.74, 6) is 0. The molecule has 3 rings (SSSR count). The van der Waals surface area contributed by atoms with Crippen LogP contribution in [-0.4, -0.2) is 9.97 Å². The number of nitrogens with one attached hydrogen (secondary N) is 1. The van der Waals surface area contributed by atoms with Crippen molar-refractivity contribution in [3.8, 4) is 0 Å². The molecule has 0 atom stereocenters. The van der Waals surface area contributed by atoms with E-state index < -0.39 is 0 Å². The predicted octanol–water partition coefficient (Wildman–Crippen LogP) is 4.86. The summed E-state index contributed by atoms with van der Waals surface area (Å²) in [5.41, 5.74) is 2.96. The Morgan fingerprint density at radius 3 is 2.76 bits per heavy atom. The van der Waals surface area contributed by atoms with Gasteiger partial charge in [0.2, 0.25) is 0 Å². The molecule has 0 amide bonds. The summed E-state index contributed by atoms with van der Waals surface area (Å²) in [4.78, 5) is 8.17. The summed E-state index contributed by atoms with van der Waals surface area (Å²) in [6.07, 6.45) is 3.65. The first kappa shape index (κ1) is 14.1. The van der Waals surface area contributed by atoms with E-state index in [9.17, 15) is 0 Å². The number of anilines is 1. The van der Waals surface area contributed by atoms with E-state index in [2.05, 4.69) is 33.5 Å². The van der Waals surface area contributed by atoms with Gasteiger partial charge in [-0.2, -0.15) is 0 Å². The van der Waals surface area contributed by atoms with Crippen molar-refractivity contribution in [2.75, 3.05) is 5.32 Å². The van der Waals surface area contributed by atoms with Crippen molar-refractivity contribution >= 4 is 39.7 Å². The van der Waals surface area contributed by atoms with Gasteiger partial charge in [0.1, 0.15) is 5.15 Å². The van der Waals surface area contributed by atoms with Crippen LogP contribution >= 0.6 is 23.2 Å². The minimum atomic E-state index is 0.394. The lowest BCUT2D eigenvalue weighted by Crippen LogP contribution is -2.03. The Morgan fingerprint density at radius 2 is 1.95 bits per heavy atom. The maximum atomic E-state index is 6.13. The number of hydrogen-bond donors (Lipinski definition) is 1. The largest absolute Gasteiger partial charge is 0.378 e. The molecule has 0 saturated heterocycles. The third kappa shape index (κ3) is 3.09. The molecule has 5 heteroatoms. The van der Waals surface area contributed by atoms with Gasteiger partial charge in [-0.1, -0.05) is 35.3 Å². The van der Waals surface area contributed by atoms with Crippen molar-refractivity contribution in [1.82, 2.24) is 9.97 Å². The van der Waals surface area contributed by atoms with Gasteiger partial charge in [-0.05, 0) is 41.6 Å². The lowest BCUT2D eigenvalue weighted by atomic mass is 10.1. The topological polar surface area (TPSA) is 37.8 Å². The van der Waals surface area contributed by atoms with Crippen LogP contribution in [0.15, 0.2) is 42.7 Å². The van der Waals surface area contributed by atoms with Gasteiger partial charge in [-0.3, -0.25) is 4.98 Å². The molecule has 0 fully saturated rings. The molecule has 0 saturated carbocycles. The molecule has 0 bridgehead atoms. The van der Waals surface area contributed by atoms with Gasteiger partial charge < -0.3 is 5.32 Å². The molecule has 1 aromatic carbocycles. The Balaban J connectivity index is 1.83. The van der Waals surface area contributed by atoms with Gasteiger partial charge in [0.15, 0.2) is 5.15 Å². The minimum Gasteiger partial charge on any atom is -0.378 e. The van der Waals surface area contributed by atoms with Gasteiger partial charge >= 0.3 is 0 Å². The summed E-state index contributed by atoms with van der Waals surface area (Å²) >= 11 is 12.0. The number of halogens is 2. The first-order valence-electron chi connectivity index (χ1n) is 6.52. The van der Waals surface area contributed by atoms with E-state index in [0.717, 1.165) is 16.6 Å². The van der Waals surface area contributed by atoms with Crippen LogP contribution in [0.25, 0.3) is 10.8 Å². The molecule has 21 heavy (non-hydrogen) atoms. The van der Waals surface area contributed by atoms with Crippen LogP contribution in [0.2, 0.25) is 10.3 Å². The molecule has 106 valence electrons. The molecule has 0 aliphatic carbocycles. The van der Waals surface area contributed by atoms with Crippen molar-refractivity contribution in [3.05, 3.63) is 64.2 Å². The molecule has 2 heterocycles. The van der Waals surface area contributed by atoms with E-state index in [-0.39, 0.29) is 0 Å². The molecule has 0 unspecified atom stereocenters. The predicted molar refractivity (Wildman–Crippen MR) is 88.1 cm³/mol. The van der Waals surface area contributed by atoms with Crippen molar-refractivity contribution in [1.29, 1.82) is 0 Å². The normalized spacial score (nSPS) is 10.8. The second kappa shape index (κ2) is 5.88. The van der Waals surface area contributed by atoms with E-state index in [4.69, 9.17) is 23.2 Å². The number of rotatable bonds is 3. The smallest absolute Gasteiger partial charge is 0.154 e. The zero-order chi connectivity index (χ0) is 14.8. The van der Waals surface area contributed by atoms with Crippen LogP contribution in [0.1, 0.15) is 11.1 Å². The van der Waals surface area contributed by atoms with Gasteiger partial charge in [-0.25, -0.2) is 4.98 Å². The van der Waals surface area contributed by atoms with Gasteiger partial charge in [0, 0.05) is 24.3 Å². The van der Waals surface area contributed by atoms with Crippen molar-refractivity contribution in [2.24, 2.45) is 0 Å². The molecule has 1 N–H and O–H groups in total. The second-order valence-corrected chi connectivity index (χ2v) is 5.58. The third-order valence-electron chi connectivity index (χ3n) is 3.32. The van der Waals surface area contributed by atoms with E-state index in [0.29, 0.717) is 16.9 Å². The molecule has 3 aromatic rings. The summed E-state index contributed by atoms with van der Waals surface area (Å²) < 4.78 is 0. The highest BCUT2D eigenvalue weighted by atomic mass is 35.5. The Hall–Kier alpha value is -1.84. The van der Waals surface area contributed by atoms with E-state index in [1.54, 1.807) is 12.3 Å². The van der Waals surface area contributed by atoms with E-state index >= 15 is 0 Å². The Bertz CT molecular complexity index is 779. The maximum Gasteiger partial charge on any atom is 0.154 e. The average Bonchev–Trinajstić information content (AvgIpc) is 2.46. The Morgan fingerprint density at radius 1 is 1.10 bits per heavy atom. The van der Waals surface area contributed by atoms with Gasteiger partial charge in [0.25, 0.3) is 0 Å². The molecular formula is C16H13Cl2N3. The highest BCUT2D eigenvalue weighted by Gasteiger charge is 2.07. The zero-order valence-corrected chi connectivity index (χ0v) is 12.9. The Kier molecular flexibility index (Phi) is 3.95. The summed E-state index contributed by atoms with van der Waals surface area (Å²) in [7, 11) is 0. The fourth-order valence-corrected chi connectivity index (χ4v) is 2.84. The fourth-order valence-electron chi connectivity index (χ4n) is 2.24. The number of benzene rings is 1. The van der Waals surface area contributed by atoms with Crippen LogP contribution < -0.4 is 5.32 Å². The third-order valence-corrected chi connectivity index (χ3v) is 3.78.